The average molecular weight is 367 g/mol. The second-order valence-corrected chi connectivity index (χ2v) is 7.70. The second kappa shape index (κ2) is 6.78. The Hall–Kier alpha value is -2.31. The standard InChI is InChI=1S/C20H21N3O2S/c1-14(24)23-20(26-19(22-23)15-7-3-2-4-8-15)16(11-12-21)13-25-18-10-6-5-9-17(18)20/h2-10,16H,11-13,21H2,1H3/t16-,20-/m1/s1. The van der Waals surface area contributed by atoms with Gasteiger partial charge in [-0.1, -0.05) is 60.3 Å². The van der Waals surface area contributed by atoms with Gasteiger partial charge in [-0.2, -0.15) is 5.10 Å². The van der Waals surface area contributed by atoms with Crippen molar-refractivity contribution in [3.8, 4) is 5.75 Å². The Labute approximate surface area is 157 Å². The monoisotopic (exact) mass is 367 g/mol. The zero-order valence-electron chi connectivity index (χ0n) is 14.6. The first kappa shape index (κ1) is 17.1. The van der Waals surface area contributed by atoms with Crippen molar-refractivity contribution in [2.75, 3.05) is 13.2 Å². The largest absolute Gasteiger partial charge is 0.493 e. The van der Waals surface area contributed by atoms with Gasteiger partial charge in [0.05, 0.1) is 6.61 Å². The number of nitrogens with zero attached hydrogens (tertiary/aromatic N) is 2. The topological polar surface area (TPSA) is 67.9 Å². The highest BCUT2D eigenvalue weighted by Gasteiger charge is 2.56. The number of para-hydroxylation sites is 1. The molecule has 1 spiro atoms. The maximum Gasteiger partial charge on any atom is 0.241 e. The highest BCUT2D eigenvalue weighted by Crippen LogP contribution is 2.57. The molecule has 0 unspecified atom stereocenters. The Morgan fingerprint density at radius 3 is 2.73 bits per heavy atom. The highest BCUT2D eigenvalue weighted by molar-refractivity contribution is 8.15. The van der Waals surface area contributed by atoms with Crippen LogP contribution < -0.4 is 10.5 Å². The van der Waals surface area contributed by atoms with Gasteiger partial charge in [0.15, 0.2) is 4.87 Å². The lowest BCUT2D eigenvalue weighted by atomic mass is 9.86. The molecule has 2 heterocycles. The van der Waals surface area contributed by atoms with Gasteiger partial charge in [-0.3, -0.25) is 4.79 Å². The summed E-state index contributed by atoms with van der Waals surface area (Å²) in [7, 11) is 0. The molecule has 0 aromatic heterocycles. The van der Waals surface area contributed by atoms with Gasteiger partial charge in [-0.25, -0.2) is 5.01 Å². The van der Waals surface area contributed by atoms with Crippen molar-refractivity contribution in [2.24, 2.45) is 16.8 Å². The molecule has 26 heavy (non-hydrogen) atoms. The molecular weight excluding hydrogens is 346 g/mol. The number of thioether (sulfide) groups is 1. The molecule has 134 valence electrons. The summed E-state index contributed by atoms with van der Waals surface area (Å²) in [4.78, 5) is 12.0. The number of hydrogen-bond acceptors (Lipinski definition) is 5. The molecule has 2 aliphatic heterocycles. The Morgan fingerprint density at radius 1 is 1.27 bits per heavy atom. The van der Waals surface area contributed by atoms with Crippen molar-refractivity contribution >= 4 is 22.7 Å². The van der Waals surface area contributed by atoms with E-state index >= 15 is 0 Å². The van der Waals surface area contributed by atoms with Gasteiger partial charge < -0.3 is 10.5 Å². The molecule has 0 aliphatic carbocycles. The van der Waals surface area contributed by atoms with Crippen LogP contribution >= 0.6 is 11.8 Å². The molecule has 0 fully saturated rings. The molecule has 2 aliphatic rings. The number of fused-ring (bicyclic) bond motifs is 2. The van der Waals surface area contributed by atoms with E-state index in [-0.39, 0.29) is 11.8 Å². The van der Waals surface area contributed by atoms with Crippen LogP contribution in [0.1, 0.15) is 24.5 Å². The van der Waals surface area contributed by atoms with Gasteiger partial charge >= 0.3 is 0 Å². The molecule has 0 radical (unpaired) electrons. The fraction of sp³-hybridized carbons (Fsp3) is 0.300. The molecule has 6 heteroatoms. The van der Waals surface area contributed by atoms with Crippen molar-refractivity contribution in [3.05, 3.63) is 65.7 Å². The maximum atomic E-state index is 12.6. The minimum Gasteiger partial charge on any atom is -0.493 e. The van der Waals surface area contributed by atoms with Crippen molar-refractivity contribution < 1.29 is 9.53 Å². The first-order valence-corrected chi connectivity index (χ1v) is 9.54. The van der Waals surface area contributed by atoms with Crippen LogP contribution in [-0.4, -0.2) is 29.1 Å². The Bertz CT molecular complexity index is 855. The van der Waals surface area contributed by atoms with Crippen LogP contribution in [0.5, 0.6) is 5.75 Å². The molecule has 4 rings (SSSR count). The first-order valence-electron chi connectivity index (χ1n) is 8.73. The van der Waals surface area contributed by atoms with Crippen molar-refractivity contribution in [3.63, 3.8) is 0 Å². The highest BCUT2D eigenvalue weighted by atomic mass is 32.2. The summed E-state index contributed by atoms with van der Waals surface area (Å²) in [5.74, 6) is 0.785. The lowest BCUT2D eigenvalue weighted by Gasteiger charge is -2.45. The smallest absolute Gasteiger partial charge is 0.241 e. The van der Waals surface area contributed by atoms with E-state index in [1.807, 2.05) is 54.6 Å². The van der Waals surface area contributed by atoms with E-state index in [1.165, 1.54) is 0 Å². The molecule has 2 atom stereocenters. The number of nitrogens with two attached hydrogens (primary N) is 1. The van der Waals surface area contributed by atoms with Gasteiger partial charge in [-0.05, 0) is 19.0 Å². The lowest BCUT2D eigenvalue weighted by Crippen LogP contribution is -2.51. The minimum atomic E-state index is -0.620. The number of benzene rings is 2. The second-order valence-electron chi connectivity index (χ2n) is 6.48. The number of hydrogen-bond donors (Lipinski definition) is 1. The third-order valence-corrected chi connectivity index (χ3v) is 6.41. The van der Waals surface area contributed by atoms with Gasteiger partial charge in [0.25, 0.3) is 0 Å². The number of rotatable bonds is 3. The van der Waals surface area contributed by atoms with Crippen LogP contribution in [0.25, 0.3) is 0 Å². The molecule has 0 saturated carbocycles. The van der Waals surface area contributed by atoms with Crippen molar-refractivity contribution in [1.29, 1.82) is 0 Å². The summed E-state index contributed by atoms with van der Waals surface area (Å²) >= 11 is 1.63. The van der Waals surface area contributed by atoms with Crippen LogP contribution in [0, 0.1) is 5.92 Å². The lowest BCUT2D eigenvalue weighted by molar-refractivity contribution is -0.134. The van der Waals surface area contributed by atoms with E-state index < -0.39 is 4.87 Å². The fourth-order valence-corrected chi connectivity index (χ4v) is 5.25. The Morgan fingerprint density at radius 2 is 2.00 bits per heavy atom. The predicted molar refractivity (Wildman–Crippen MR) is 104 cm³/mol. The van der Waals surface area contributed by atoms with Crippen molar-refractivity contribution in [2.45, 2.75) is 18.2 Å². The molecule has 2 N–H and O–H groups in total. The third kappa shape index (κ3) is 2.61. The summed E-state index contributed by atoms with van der Waals surface area (Å²) < 4.78 is 5.99. The number of amides is 1. The van der Waals surface area contributed by atoms with Crippen molar-refractivity contribution in [1.82, 2.24) is 5.01 Å². The fourth-order valence-electron chi connectivity index (χ4n) is 3.70. The van der Waals surface area contributed by atoms with E-state index in [9.17, 15) is 4.79 Å². The molecule has 0 bridgehead atoms. The Kier molecular flexibility index (Phi) is 4.46. The number of carbonyl (C=O) groups is 1. The van der Waals surface area contributed by atoms with E-state index in [1.54, 1.807) is 23.7 Å². The van der Waals surface area contributed by atoms with Crippen LogP contribution in [-0.2, 0) is 9.67 Å². The Balaban J connectivity index is 1.87. The van der Waals surface area contributed by atoms with E-state index in [2.05, 4.69) is 0 Å². The zero-order valence-corrected chi connectivity index (χ0v) is 15.4. The van der Waals surface area contributed by atoms with Gasteiger partial charge in [0, 0.05) is 24.0 Å². The summed E-state index contributed by atoms with van der Waals surface area (Å²) in [5.41, 5.74) is 7.89. The third-order valence-electron chi connectivity index (χ3n) is 4.86. The minimum absolute atomic E-state index is 0.0567. The first-order chi connectivity index (χ1) is 12.7. The van der Waals surface area contributed by atoms with Gasteiger partial charge in [-0.15, -0.1) is 0 Å². The van der Waals surface area contributed by atoms with E-state index in [0.717, 1.165) is 28.3 Å². The van der Waals surface area contributed by atoms with E-state index in [0.29, 0.717) is 13.2 Å². The van der Waals surface area contributed by atoms with Crippen LogP contribution in [0.2, 0.25) is 0 Å². The molecule has 2 aromatic carbocycles. The molecular formula is C20H21N3O2S. The molecule has 2 aromatic rings. The maximum absolute atomic E-state index is 12.6. The number of carbonyl (C=O) groups excluding carboxylic acids is 1. The summed E-state index contributed by atoms with van der Waals surface area (Å²) in [6, 6.07) is 17.9. The molecule has 0 saturated heterocycles. The summed E-state index contributed by atoms with van der Waals surface area (Å²) in [6.45, 7) is 2.62. The average Bonchev–Trinajstić information content (AvgIpc) is 3.07. The number of hydrazone groups is 1. The van der Waals surface area contributed by atoms with Crippen LogP contribution in [0.3, 0.4) is 0 Å². The van der Waals surface area contributed by atoms with Gasteiger partial charge in [0.1, 0.15) is 10.8 Å². The predicted octanol–water partition coefficient (Wildman–Crippen LogP) is 3.15. The van der Waals surface area contributed by atoms with E-state index in [4.69, 9.17) is 15.6 Å². The molecule has 1 amide bonds. The van der Waals surface area contributed by atoms with Crippen LogP contribution in [0.15, 0.2) is 59.7 Å². The number of ether oxygens (including phenoxy) is 1. The molecule has 5 nitrogen and oxygen atoms in total. The van der Waals surface area contributed by atoms with Gasteiger partial charge in [0.2, 0.25) is 5.91 Å². The zero-order chi connectivity index (χ0) is 18.1. The summed E-state index contributed by atoms with van der Waals surface area (Å²) in [6.07, 6.45) is 0.753. The summed E-state index contributed by atoms with van der Waals surface area (Å²) in [5, 5.41) is 7.22. The quantitative estimate of drug-likeness (QED) is 0.905. The normalized spacial score (nSPS) is 24.2. The van der Waals surface area contributed by atoms with Crippen LogP contribution in [0.4, 0.5) is 0 Å². The SMILES string of the molecule is CC(=O)N1N=C(c2ccccc2)S[C@]12c1ccccc1OC[C@H]2CCN.